The summed E-state index contributed by atoms with van der Waals surface area (Å²) in [5.74, 6) is -0.951. The molecule has 0 aromatic heterocycles. The number of hydrogen-bond acceptors (Lipinski definition) is 5. The number of benzene rings is 4. The lowest BCUT2D eigenvalue weighted by molar-refractivity contribution is 0.0463. The van der Waals surface area contributed by atoms with Crippen LogP contribution in [0.2, 0.25) is 0 Å². The maximum atomic E-state index is 12.8. The molecule has 0 saturated carbocycles. The van der Waals surface area contributed by atoms with Gasteiger partial charge >= 0.3 is 11.9 Å². The number of carbonyl (C=O) groups excluding carboxylic acids is 3. The number of rotatable bonds is 7. The third-order valence-electron chi connectivity index (χ3n) is 6.12. The van der Waals surface area contributed by atoms with Crippen molar-refractivity contribution < 1.29 is 23.9 Å². The molecule has 0 heterocycles. The number of hydrogen-bond donors (Lipinski definition) is 0. The molecule has 0 radical (unpaired) electrons. The summed E-state index contributed by atoms with van der Waals surface area (Å²) in [5.41, 5.74) is 6.28. The monoisotopic (exact) mass is 462 g/mol. The van der Waals surface area contributed by atoms with Crippen LogP contribution in [-0.2, 0) is 29.1 Å². The molecule has 4 aromatic rings. The molecule has 4 aromatic carbocycles. The molecular formula is C30H22O5. The van der Waals surface area contributed by atoms with Gasteiger partial charge in [0.1, 0.15) is 13.2 Å². The highest BCUT2D eigenvalue weighted by molar-refractivity contribution is 6.02. The van der Waals surface area contributed by atoms with Crippen LogP contribution in [0.25, 0.3) is 11.1 Å². The first-order valence-corrected chi connectivity index (χ1v) is 11.3. The zero-order valence-electron chi connectivity index (χ0n) is 18.9. The van der Waals surface area contributed by atoms with Gasteiger partial charge in [-0.1, -0.05) is 72.8 Å². The van der Waals surface area contributed by atoms with Gasteiger partial charge in [0.15, 0.2) is 6.29 Å². The van der Waals surface area contributed by atoms with Gasteiger partial charge in [0, 0.05) is 5.56 Å². The first kappa shape index (κ1) is 22.3. The fourth-order valence-electron chi connectivity index (χ4n) is 4.35. The van der Waals surface area contributed by atoms with Gasteiger partial charge in [0.2, 0.25) is 0 Å². The Bertz CT molecular complexity index is 1410. The largest absolute Gasteiger partial charge is 0.457 e. The van der Waals surface area contributed by atoms with Crippen molar-refractivity contribution in [2.24, 2.45) is 0 Å². The Morgan fingerprint density at radius 2 is 1.31 bits per heavy atom. The second kappa shape index (κ2) is 9.77. The average Bonchev–Trinajstić information content (AvgIpc) is 3.29. The molecule has 0 aliphatic heterocycles. The summed E-state index contributed by atoms with van der Waals surface area (Å²) in [6.45, 7) is 0.324. The van der Waals surface area contributed by atoms with Crippen molar-refractivity contribution in [2.75, 3.05) is 0 Å². The van der Waals surface area contributed by atoms with Crippen molar-refractivity contribution >= 4 is 18.2 Å². The molecule has 0 N–H and O–H groups in total. The minimum absolute atomic E-state index is 0.129. The minimum atomic E-state index is -0.542. The second-order valence-electron chi connectivity index (χ2n) is 8.34. The summed E-state index contributed by atoms with van der Waals surface area (Å²) in [6.07, 6.45) is 1.15. The summed E-state index contributed by atoms with van der Waals surface area (Å²) in [5, 5.41) is 0. The molecule has 0 spiro atoms. The normalized spacial score (nSPS) is 11.3. The van der Waals surface area contributed by atoms with Gasteiger partial charge in [0.05, 0.1) is 11.1 Å². The van der Waals surface area contributed by atoms with Crippen LogP contribution in [0, 0.1) is 0 Å². The molecule has 0 amide bonds. The summed E-state index contributed by atoms with van der Waals surface area (Å²) in [4.78, 5) is 37.4. The average molecular weight is 463 g/mol. The number of esters is 2. The molecule has 1 aliphatic carbocycles. The molecule has 5 nitrogen and oxygen atoms in total. The summed E-state index contributed by atoms with van der Waals surface area (Å²) >= 11 is 0. The zero-order valence-corrected chi connectivity index (χ0v) is 18.9. The molecule has 5 heteroatoms. The van der Waals surface area contributed by atoms with E-state index in [1.807, 2.05) is 72.8 Å². The lowest BCUT2D eigenvalue weighted by Gasteiger charge is -2.10. The third-order valence-corrected chi connectivity index (χ3v) is 6.12. The van der Waals surface area contributed by atoms with Gasteiger partial charge in [-0.15, -0.1) is 0 Å². The Morgan fingerprint density at radius 1 is 0.714 bits per heavy atom. The van der Waals surface area contributed by atoms with E-state index in [0.29, 0.717) is 23.8 Å². The van der Waals surface area contributed by atoms with Gasteiger partial charge in [-0.3, -0.25) is 4.79 Å². The van der Waals surface area contributed by atoms with Crippen LogP contribution >= 0.6 is 0 Å². The molecule has 172 valence electrons. The highest BCUT2D eigenvalue weighted by Crippen LogP contribution is 2.39. The van der Waals surface area contributed by atoms with E-state index in [9.17, 15) is 14.4 Å². The Labute approximate surface area is 202 Å². The highest BCUT2D eigenvalue weighted by atomic mass is 16.5. The molecular weight excluding hydrogens is 440 g/mol. The lowest BCUT2D eigenvalue weighted by Crippen LogP contribution is -2.10. The van der Waals surface area contributed by atoms with Gasteiger partial charge in [0.25, 0.3) is 0 Å². The molecule has 1 aliphatic rings. The molecule has 0 unspecified atom stereocenters. The predicted octanol–water partition coefficient (Wildman–Crippen LogP) is 5.78. The molecule has 35 heavy (non-hydrogen) atoms. The quantitative estimate of drug-likeness (QED) is 0.226. The first-order chi connectivity index (χ1) is 17.1. The van der Waals surface area contributed by atoms with E-state index in [0.717, 1.165) is 33.4 Å². The van der Waals surface area contributed by atoms with Crippen molar-refractivity contribution in [2.45, 2.75) is 19.6 Å². The van der Waals surface area contributed by atoms with Crippen LogP contribution in [0.1, 0.15) is 53.3 Å². The Morgan fingerprint density at radius 3 is 1.94 bits per heavy atom. The smallest absolute Gasteiger partial charge is 0.339 e. The lowest BCUT2D eigenvalue weighted by atomic mass is 9.97. The number of carbonyl (C=O) groups is 3. The van der Waals surface area contributed by atoms with Crippen LogP contribution in [0.15, 0.2) is 91.0 Å². The summed E-state index contributed by atoms with van der Waals surface area (Å²) < 4.78 is 10.9. The fourth-order valence-corrected chi connectivity index (χ4v) is 4.35. The maximum Gasteiger partial charge on any atom is 0.339 e. The van der Waals surface area contributed by atoms with Crippen molar-refractivity contribution in [1.29, 1.82) is 0 Å². The predicted molar refractivity (Wildman–Crippen MR) is 131 cm³/mol. The van der Waals surface area contributed by atoms with E-state index >= 15 is 0 Å². The van der Waals surface area contributed by atoms with Crippen molar-refractivity contribution in [3.05, 3.63) is 130 Å². The Hall–Kier alpha value is -4.51. The molecule has 0 bridgehead atoms. The van der Waals surface area contributed by atoms with Gasteiger partial charge < -0.3 is 9.47 Å². The highest BCUT2D eigenvalue weighted by Gasteiger charge is 2.26. The Kier molecular flexibility index (Phi) is 6.22. The first-order valence-electron chi connectivity index (χ1n) is 11.3. The number of aldehydes is 1. The SMILES string of the molecule is O=Cc1c(C(=O)OCc2ccccc2)ccc2c1Cc1cc(C(=O)OCc3ccccc3)ccc1-2. The number of fused-ring (bicyclic) bond motifs is 3. The third kappa shape index (κ3) is 4.62. The van der Waals surface area contributed by atoms with Crippen LogP contribution in [0.4, 0.5) is 0 Å². The zero-order chi connectivity index (χ0) is 24.2. The van der Waals surface area contributed by atoms with Crippen molar-refractivity contribution in [1.82, 2.24) is 0 Å². The van der Waals surface area contributed by atoms with E-state index in [1.165, 1.54) is 0 Å². The van der Waals surface area contributed by atoms with Crippen LogP contribution in [0.3, 0.4) is 0 Å². The van der Waals surface area contributed by atoms with Crippen LogP contribution in [0.5, 0.6) is 0 Å². The minimum Gasteiger partial charge on any atom is -0.457 e. The van der Waals surface area contributed by atoms with E-state index in [-0.39, 0.29) is 18.8 Å². The number of ether oxygens (including phenoxy) is 2. The van der Waals surface area contributed by atoms with Crippen molar-refractivity contribution in [3.63, 3.8) is 0 Å². The van der Waals surface area contributed by atoms with Gasteiger partial charge in [-0.25, -0.2) is 9.59 Å². The summed E-state index contributed by atoms with van der Waals surface area (Å²) in [7, 11) is 0. The second-order valence-corrected chi connectivity index (χ2v) is 8.34. The molecule has 0 saturated heterocycles. The van der Waals surface area contributed by atoms with E-state index in [1.54, 1.807) is 18.2 Å². The maximum absolute atomic E-state index is 12.8. The molecule has 0 fully saturated rings. The fraction of sp³-hybridized carbons (Fsp3) is 0.100. The topological polar surface area (TPSA) is 69.7 Å². The van der Waals surface area contributed by atoms with Crippen molar-refractivity contribution in [3.8, 4) is 11.1 Å². The van der Waals surface area contributed by atoms with E-state index < -0.39 is 11.9 Å². The van der Waals surface area contributed by atoms with Gasteiger partial charge in [-0.05, 0) is 58.0 Å². The molecule has 0 atom stereocenters. The van der Waals surface area contributed by atoms with Crippen LogP contribution < -0.4 is 0 Å². The van der Waals surface area contributed by atoms with Gasteiger partial charge in [-0.2, -0.15) is 0 Å². The van der Waals surface area contributed by atoms with E-state index in [4.69, 9.17) is 9.47 Å². The standard InChI is InChI=1S/C30H22O5/c31-17-28-26(30(33)35-19-21-9-5-2-6-10-21)14-13-25-24-12-11-22(15-23(24)16-27(25)28)29(32)34-18-20-7-3-1-4-8-20/h1-15,17H,16,18-19H2. The summed E-state index contributed by atoms with van der Waals surface area (Å²) in [6, 6.07) is 27.7. The van der Waals surface area contributed by atoms with E-state index in [2.05, 4.69) is 0 Å². The van der Waals surface area contributed by atoms with Crippen LogP contribution in [-0.4, -0.2) is 18.2 Å². The Balaban J connectivity index is 1.34. The molecule has 5 rings (SSSR count).